The quantitative estimate of drug-likeness (QED) is 0.804. The average molecular weight is 341 g/mol. The molecule has 19 heavy (non-hydrogen) atoms. The molecule has 1 aromatic heterocycles. The van der Waals surface area contributed by atoms with E-state index in [2.05, 4.69) is 20.9 Å². The minimum Gasteiger partial charge on any atom is -0.269 e. The van der Waals surface area contributed by atoms with Gasteiger partial charge in [0.15, 0.2) is 0 Å². The fraction of sp³-hybridized carbons (Fsp3) is 0.154. The van der Waals surface area contributed by atoms with Gasteiger partial charge < -0.3 is 0 Å². The Bertz CT molecular complexity index is 642. The lowest BCUT2D eigenvalue weighted by molar-refractivity contribution is 0.594. The second-order valence-electron chi connectivity index (χ2n) is 3.96. The number of benzene rings is 1. The molecule has 0 spiro atoms. The lowest BCUT2D eigenvalue weighted by Gasteiger charge is -2.19. The van der Waals surface area contributed by atoms with E-state index < -0.39 is 10.0 Å². The molecule has 0 saturated carbocycles. The maximum atomic E-state index is 12.4. The predicted octanol–water partition coefficient (Wildman–Crippen LogP) is 2.80. The summed E-state index contributed by atoms with van der Waals surface area (Å²) in [6.45, 7) is 0. The maximum Gasteiger partial charge on any atom is 0.264 e. The lowest BCUT2D eigenvalue weighted by Crippen LogP contribution is -2.26. The van der Waals surface area contributed by atoms with Crippen LogP contribution in [0.3, 0.4) is 0 Å². The molecule has 0 fully saturated rings. The van der Waals surface area contributed by atoms with Gasteiger partial charge in [-0.3, -0.25) is 9.29 Å². The summed E-state index contributed by atoms with van der Waals surface area (Å²) in [4.78, 5) is 4.15. The van der Waals surface area contributed by atoms with Gasteiger partial charge in [0.2, 0.25) is 0 Å². The van der Waals surface area contributed by atoms with E-state index in [0.717, 1.165) is 5.56 Å². The van der Waals surface area contributed by atoms with Crippen LogP contribution < -0.4 is 4.31 Å². The minimum atomic E-state index is -3.53. The van der Waals surface area contributed by atoms with Crippen LogP contribution in [0.5, 0.6) is 0 Å². The predicted molar refractivity (Wildman–Crippen MR) is 78.9 cm³/mol. The number of rotatable bonds is 4. The van der Waals surface area contributed by atoms with E-state index in [1.807, 2.05) is 0 Å². The third kappa shape index (κ3) is 2.96. The van der Waals surface area contributed by atoms with Crippen molar-refractivity contribution in [2.75, 3.05) is 11.4 Å². The van der Waals surface area contributed by atoms with Gasteiger partial charge in [-0.15, -0.1) is 0 Å². The number of hydrogen-bond acceptors (Lipinski definition) is 3. The van der Waals surface area contributed by atoms with Gasteiger partial charge in [-0.2, -0.15) is 0 Å². The van der Waals surface area contributed by atoms with Gasteiger partial charge >= 0.3 is 0 Å². The summed E-state index contributed by atoms with van der Waals surface area (Å²) in [6.07, 6.45) is 3.13. The Hall–Kier alpha value is -1.40. The molecule has 1 heterocycles. The Labute approximate surface area is 121 Å². The Morgan fingerprint density at radius 3 is 2.21 bits per heavy atom. The van der Waals surface area contributed by atoms with Gasteiger partial charge in [-0.05, 0) is 29.8 Å². The highest BCUT2D eigenvalue weighted by Crippen LogP contribution is 2.21. The molecule has 0 aliphatic heterocycles. The number of pyridine rings is 1. The van der Waals surface area contributed by atoms with Crippen LogP contribution in [0.1, 0.15) is 5.56 Å². The molecule has 0 N–H and O–H groups in total. The number of hydrogen-bond donors (Lipinski definition) is 0. The molecular weight excluding hydrogens is 328 g/mol. The topological polar surface area (TPSA) is 50.3 Å². The number of aromatic nitrogens is 1. The fourth-order valence-corrected chi connectivity index (χ4v) is 3.17. The summed E-state index contributed by atoms with van der Waals surface area (Å²) < 4.78 is 26.1. The SMILES string of the molecule is CN(c1ccncc1)S(=O)(=O)c1ccc(CBr)cc1. The Kier molecular flexibility index (Phi) is 4.21. The number of anilines is 1. The Balaban J connectivity index is 2.36. The van der Waals surface area contributed by atoms with E-state index in [9.17, 15) is 8.42 Å². The molecule has 0 bridgehead atoms. The normalized spacial score (nSPS) is 11.3. The fourth-order valence-electron chi connectivity index (χ4n) is 1.60. The van der Waals surface area contributed by atoms with Gasteiger partial charge in [0.05, 0.1) is 10.6 Å². The summed E-state index contributed by atoms with van der Waals surface area (Å²) in [7, 11) is -2.00. The van der Waals surface area contributed by atoms with Gasteiger partial charge in [0.25, 0.3) is 10.0 Å². The molecule has 6 heteroatoms. The summed E-state index contributed by atoms with van der Waals surface area (Å²) >= 11 is 3.33. The van der Waals surface area contributed by atoms with E-state index in [1.165, 1.54) is 11.4 Å². The smallest absolute Gasteiger partial charge is 0.264 e. The third-order valence-electron chi connectivity index (χ3n) is 2.76. The summed E-state index contributed by atoms with van der Waals surface area (Å²) in [5.74, 6) is 0. The molecule has 0 amide bonds. The largest absolute Gasteiger partial charge is 0.269 e. The van der Waals surface area contributed by atoms with Crippen molar-refractivity contribution in [3.63, 3.8) is 0 Å². The highest BCUT2D eigenvalue weighted by Gasteiger charge is 2.20. The van der Waals surface area contributed by atoms with Crippen LogP contribution >= 0.6 is 15.9 Å². The first-order valence-corrected chi connectivity index (χ1v) is 8.15. The van der Waals surface area contributed by atoms with Crippen molar-refractivity contribution in [3.05, 3.63) is 54.4 Å². The van der Waals surface area contributed by atoms with E-state index in [1.54, 1.807) is 48.8 Å². The maximum absolute atomic E-state index is 12.4. The highest BCUT2D eigenvalue weighted by atomic mass is 79.9. The van der Waals surface area contributed by atoms with Crippen LogP contribution in [0.2, 0.25) is 0 Å². The van der Waals surface area contributed by atoms with E-state index >= 15 is 0 Å². The molecule has 2 rings (SSSR count). The molecule has 0 unspecified atom stereocenters. The minimum absolute atomic E-state index is 0.275. The zero-order valence-electron chi connectivity index (χ0n) is 10.3. The first-order valence-electron chi connectivity index (χ1n) is 5.59. The molecule has 0 saturated heterocycles. The van der Waals surface area contributed by atoms with Gasteiger partial charge in [-0.25, -0.2) is 8.42 Å². The molecule has 100 valence electrons. The van der Waals surface area contributed by atoms with Crippen LogP contribution in [0.25, 0.3) is 0 Å². The monoisotopic (exact) mass is 340 g/mol. The van der Waals surface area contributed by atoms with Gasteiger partial charge in [0.1, 0.15) is 0 Å². The molecule has 1 aromatic carbocycles. The summed E-state index contributed by atoms with van der Waals surface area (Å²) in [6, 6.07) is 10.1. The van der Waals surface area contributed by atoms with Crippen LogP contribution in [0, 0.1) is 0 Å². The van der Waals surface area contributed by atoms with Crippen LogP contribution in [-0.2, 0) is 15.4 Å². The van der Waals surface area contributed by atoms with Crippen LogP contribution in [0.4, 0.5) is 5.69 Å². The van der Waals surface area contributed by atoms with Crippen molar-refractivity contribution in [1.82, 2.24) is 4.98 Å². The molecule has 0 radical (unpaired) electrons. The van der Waals surface area contributed by atoms with Crippen molar-refractivity contribution in [3.8, 4) is 0 Å². The molecule has 4 nitrogen and oxygen atoms in total. The number of halogens is 1. The summed E-state index contributed by atoms with van der Waals surface area (Å²) in [5.41, 5.74) is 1.62. The molecule has 0 aliphatic carbocycles. The molecule has 0 aliphatic rings. The molecule has 2 aromatic rings. The van der Waals surface area contributed by atoms with Crippen molar-refractivity contribution in [1.29, 1.82) is 0 Å². The zero-order chi connectivity index (χ0) is 13.9. The van der Waals surface area contributed by atoms with Crippen LogP contribution in [0.15, 0.2) is 53.7 Å². The van der Waals surface area contributed by atoms with E-state index in [0.29, 0.717) is 11.0 Å². The van der Waals surface area contributed by atoms with Crippen molar-refractivity contribution < 1.29 is 8.42 Å². The second-order valence-corrected chi connectivity index (χ2v) is 6.49. The third-order valence-corrected chi connectivity index (χ3v) is 5.21. The summed E-state index contributed by atoms with van der Waals surface area (Å²) in [5, 5.41) is 0.702. The molecular formula is C13H13BrN2O2S. The van der Waals surface area contributed by atoms with E-state index in [4.69, 9.17) is 0 Å². The standard InChI is InChI=1S/C13H13BrN2O2S/c1-16(12-6-8-15-9-7-12)19(17,18)13-4-2-11(10-14)3-5-13/h2-9H,10H2,1H3. The Morgan fingerprint density at radius 1 is 1.11 bits per heavy atom. The first kappa shape index (κ1) is 14.0. The Morgan fingerprint density at radius 2 is 1.68 bits per heavy atom. The van der Waals surface area contributed by atoms with E-state index in [-0.39, 0.29) is 4.90 Å². The zero-order valence-corrected chi connectivity index (χ0v) is 12.7. The highest BCUT2D eigenvalue weighted by molar-refractivity contribution is 9.08. The number of alkyl halides is 1. The lowest BCUT2D eigenvalue weighted by atomic mass is 10.2. The molecule has 0 atom stereocenters. The van der Waals surface area contributed by atoms with Gasteiger partial charge in [0, 0.05) is 24.8 Å². The van der Waals surface area contributed by atoms with Crippen LogP contribution in [-0.4, -0.2) is 20.4 Å². The van der Waals surface area contributed by atoms with Gasteiger partial charge in [-0.1, -0.05) is 28.1 Å². The number of nitrogens with zero attached hydrogens (tertiary/aromatic N) is 2. The van der Waals surface area contributed by atoms with Crippen molar-refractivity contribution >= 4 is 31.6 Å². The number of sulfonamides is 1. The average Bonchev–Trinajstić information content (AvgIpc) is 2.47. The van der Waals surface area contributed by atoms with Crippen molar-refractivity contribution in [2.45, 2.75) is 10.2 Å². The first-order chi connectivity index (χ1) is 9.05. The second kappa shape index (κ2) is 5.71. The van der Waals surface area contributed by atoms with Crippen molar-refractivity contribution in [2.24, 2.45) is 0 Å².